The molecule has 0 spiro atoms. The van der Waals surface area contributed by atoms with Crippen molar-refractivity contribution in [2.75, 3.05) is 0 Å². The Morgan fingerprint density at radius 1 is 0.333 bits per heavy atom. The van der Waals surface area contributed by atoms with Crippen LogP contribution in [0, 0.1) is 17.5 Å². The number of rotatable bonds is 12. The summed E-state index contributed by atoms with van der Waals surface area (Å²) in [7, 11) is 0. The lowest BCUT2D eigenvalue weighted by atomic mass is 10.0. The van der Waals surface area contributed by atoms with E-state index in [0.717, 1.165) is 33.4 Å². The Hall–Kier alpha value is -3.45. The van der Waals surface area contributed by atoms with Crippen LogP contribution in [0.5, 0.6) is 0 Å². The fourth-order valence-electron chi connectivity index (χ4n) is 4.01. The topological polar surface area (TPSA) is 36.1 Å². The molecule has 0 atom stereocenters. The summed E-state index contributed by atoms with van der Waals surface area (Å²) < 4.78 is 39.5. The smallest absolute Gasteiger partial charge is 0.123 e. The van der Waals surface area contributed by atoms with Crippen LogP contribution >= 0.6 is 0 Å². The minimum absolute atomic E-state index is 0.239. The second-order valence-electron chi connectivity index (χ2n) is 8.85. The van der Waals surface area contributed by atoms with Gasteiger partial charge in [-0.25, -0.2) is 13.2 Å². The van der Waals surface area contributed by atoms with E-state index in [9.17, 15) is 13.2 Å². The van der Waals surface area contributed by atoms with Crippen molar-refractivity contribution < 1.29 is 13.2 Å². The molecular weight excluding hydrogens is 459 g/mol. The first-order valence-electron chi connectivity index (χ1n) is 12.0. The predicted molar refractivity (Wildman–Crippen MR) is 137 cm³/mol. The molecule has 4 rings (SSSR count). The molecule has 0 saturated carbocycles. The zero-order valence-electron chi connectivity index (χ0n) is 20.0. The Morgan fingerprint density at radius 2 is 0.556 bits per heavy atom. The molecule has 0 aromatic heterocycles. The van der Waals surface area contributed by atoms with Gasteiger partial charge in [-0.1, -0.05) is 54.6 Å². The molecular formula is C30H30F3N3. The lowest BCUT2D eigenvalue weighted by Crippen LogP contribution is -2.17. The van der Waals surface area contributed by atoms with Crippen molar-refractivity contribution in [2.45, 2.75) is 39.3 Å². The van der Waals surface area contributed by atoms with E-state index in [1.54, 1.807) is 36.4 Å². The maximum atomic E-state index is 13.2. The number of nitrogens with one attached hydrogen (secondary N) is 3. The number of hydrogen-bond donors (Lipinski definition) is 3. The van der Waals surface area contributed by atoms with Crippen molar-refractivity contribution in [1.29, 1.82) is 0 Å². The first-order chi connectivity index (χ1) is 17.5. The molecule has 0 aliphatic rings. The molecule has 186 valence electrons. The molecule has 0 amide bonds. The van der Waals surface area contributed by atoms with E-state index in [2.05, 4.69) is 34.1 Å². The zero-order valence-corrected chi connectivity index (χ0v) is 20.0. The van der Waals surface area contributed by atoms with Crippen LogP contribution in [0.3, 0.4) is 0 Å². The summed E-state index contributed by atoms with van der Waals surface area (Å²) in [5.41, 5.74) is 6.52. The highest BCUT2D eigenvalue weighted by atomic mass is 19.1. The summed E-state index contributed by atoms with van der Waals surface area (Å²) in [4.78, 5) is 0. The van der Waals surface area contributed by atoms with Gasteiger partial charge in [0.1, 0.15) is 17.5 Å². The molecule has 0 bridgehead atoms. The summed E-state index contributed by atoms with van der Waals surface area (Å²) in [5.74, 6) is -0.716. The summed E-state index contributed by atoms with van der Waals surface area (Å²) in [5, 5.41) is 10.3. The average Bonchev–Trinajstić information content (AvgIpc) is 2.88. The molecule has 0 aliphatic carbocycles. The predicted octanol–water partition coefficient (Wildman–Crippen LogP) is 5.97. The van der Waals surface area contributed by atoms with Crippen molar-refractivity contribution in [3.63, 3.8) is 0 Å². The molecule has 0 heterocycles. The van der Waals surface area contributed by atoms with E-state index in [1.807, 2.05) is 0 Å². The molecule has 0 unspecified atom stereocenters. The van der Waals surface area contributed by atoms with Gasteiger partial charge in [-0.15, -0.1) is 0 Å². The highest BCUT2D eigenvalue weighted by Gasteiger charge is 2.04. The van der Waals surface area contributed by atoms with E-state index >= 15 is 0 Å². The maximum Gasteiger partial charge on any atom is 0.123 e. The quantitative estimate of drug-likeness (QED) is 0.229. The Balaban J connectivity index is 1.37. The van der Waals surface area contributed by atoms with Gasteiger partial charge in [-0.3, -0.25) is 0 Å². The van der Waals surface area contributed by atoms with Crippen molar-refractivity contribution >= 4 is 0 Å². The van der Waals surface area contributed by atoms with E-state index in [-0.39, 0.29) is 17.5 Å². The average molecular weight is 490 g/mol. The van der Waals surface area contributed by atoms with Crippen molar-refractivity contribution in [3.05, 3.63) is 142 Å². The first kappa shape index (κ1) is 25.6. The van der Waals surface area contributed by atoms with Crippen molar-refractivity contribution in [3.8, 4) is 0 Å². The van der Waals surface area contributed by atoms with E-state index in [1.165, 1.54) is 36.4 Å². The van der Waals surface area contributed by atoms with Crippen LogP contribution in [-0.4, -0.2) is 0 Å². The third kappa shape index (κ3) is 8.34. The third-order valence-electron chi connectivity index (χ3n) is 5.83. The second kappa shape index (κ2) is 13.0. The monoisotopic (exact) mass is 489 g/mol. The number of hydrogen-bond acceptors (Lipinski definition) is 3. The van der Waals surface area contributed by atoms with Crippen LogP contribution in [0.1, 0.15) is 33.4 Å². The van der Waals surface area contributed by atoms with Gasteiger partial charge in [0.15, 0.2) is 0 Å². The van der Waals surface area contributed by atoms with Crippen LogP contribution in [0.4, 0.5) is 13.2 Å². The van der Waals surface area contributed by atoms with Crippen molar-refractivity contribution in [1.82, 2.24) is 16.0 Å². The Morgan fingerprint density at radius 3 is 0.806 bits per heavy atom. The standard InChI is InChI=1S/C30H30F3N3/c31-28-7-1-22(2-8-28)16-34-19-25-13-26(20-35-17-23-3-9-29(32)10-4-23)15-27(14-25)21-36-18-24-5-11-30(33)12-6-24/h1-15,34-36H,16-21H2. The fraction of sp³-hybridized carbons (Fsp3) is 0.200. The van der Waals surface area contributed by atoms with Gasteiger partial charge < -0.3 is 16.0 Å². The maximum absolute atomic E-state index is 13.2. The third-order valence-corrected chi connectivity index (χ3v) is 5.83. The molecule has 4 aromatic carbocycles. The summed E-state index contributed by atoms with van der Waals surface area (Å²) in [6, 6.07) is 26.0. The van der Waals surface area contributed by atoms with Crippen LogP contribution in [0.2, 0.25) is 0 Å². The minimum Gasteiger partial charge on any atom is -0.309 e. The molecule has 0 saturated heterocycles. The molecule has 3 nitrogen and oxygen atoms in total. The number of benzene rings is 4. The lowest BCUT2D eigenvalue weighted by molar-refractivity contribution is 0.624. The lowest BCUT2D eigenvalue weighted by Gasteiger charge is -2.13. The fourth-order valence-corrected chi connectivity index (χ4v) is 4.01. The molecule has 36 heavy (non-hydrogen) atoms. The van der Waals surface area contributed by atoms with Gasteiger partial charge in [0.05, 0.1) is 0 Å². The molecule has 0 fully saturated rings. The highest BCUT2D eigenvalue weighted by Crippen LogP contribution is 2.13. The highest BCUT2D eigenvalue weighted by molar-refractivity contribution is 5.31. The molecule has 3 N–H and O–H groups in total. The summed E-state index contributed by atoms with van der Waals surface area (Å²) >= 11 is 0. The normalized spacial score (nSPS) is 11.1. The van der Waals surface area contributed by atoms with Crippen LogP contribution in [0.25, 0.3) is 0 Å². The number of halogens is 3. The van der Waals surface area contributed by atoms with Crippen LogP contribution < -0.4 is 16.0 Å². The first-order valence-corrected chi connectivity index (χ1v) is 12.0. The van der Waals surface area contributed by atoms with Gasteiger partial charge in [-0.05, 0) is 69.8 Å². The molecule has 0 radical (unpaired) electrons. The largest absolute Gasteiger partial charge is 0.309 e. The Labute approximate surface area is 210 Å². The van der Waals surface area contributed by atoms with Gasteiger partial charge >= 0.3 is 0 Å². The van der Waals surface area contributed by atoms with Crippen molar-refractivity contribution in [2.24, 2.45) is 0 Å². The van der Waals surface area contributed by atoms with Crippen LogP contribution in [0.15, 0.2) is 91.0 Å². The zero-order chi connectivity index (χ0) is 25.2. The van der Waals surface area contributed by atoms with Gasteiger partial charge in [0.25, 0.3) is 0 Å². The SMILES string of the molecule is Fc1ccc(CNCc2cc(CNCc3ccc(F)cc3)cc(CNCc3ccc(F)cc3)c2)cc1. The van der Waals surface area contributed by atoms with Gasteiger partial charge in [0, 0.05) is 39.3 Å². The second-order valence-corrected chi connectivity index (χ2v) is 8.85. The summed E-state index contributed by atoms with van der Waals surface area (Å²) in [6.45, 7) is 3.96. The Bertz CT molecular complexity index is 1060. The molecule has 4 aromatic rings. The van der Waals surface area contributed by atoms with E-state index in [0.29, 0.717) is 39.3 Å². The Kier molecular flexibility index (Phi) is 9.27. The van der Waals surface area contributed by atoms with E-state index < -0.39 is 0 Å². The van der Waals surface area contributed by atoms with Crippen LogP contribution in [-0.2, 0) is 39.3 Å². The van der Waals surface area contributed by atoms with Gasteiger partial charge in [-0.2, -0.15) is 0 Å². The molecule has 6 heteroatoms. The minimum atomic E-state index is -0.239. The molecule has 0 aliphatic heterocycles. The van der Waals surface area contributed by atoms with E-state index in [4.69, 9.17) is 0 Å². The summed E-state index contributed by atoms with van der Waals surface area (Å²) in [6.07, 6.45) is 0. The van der Waals surface area contributed by atoms with Gasteiger partial charge in [0.2, 0.25) is 0 Å².